The summed E-state index contributed by atoms with van der Waals surface area (Å²) in [5, 5.41) is 0. The molecule has 2 saturated heterocycles. The summed E-state index contributed by atoms with van der Waals surface area (Å²) in [6, 6.07) is 0. The summed E-state index contributed by atoms with van der Waals surface area (Å²) in [6.45, 7) is 7.00. The highest BCUT2D eigenvalue weighted by Gasteiger charge is 2.20. The van der Waals surface area contributed by atoms with Gasteiger partial charge in [-0.1, -0.05) is 6.42 Å². The molecule has 0 aromatic carbocycles. The van der Waals surface area contributed by atoms with Gasteiger partial charge in [-0.25, -0.2) is 0 Å². The van der Waals surface area contributed by atoms with E-state index in [0.29, 0.717) is 0 Å². The first-order valence-corrected chi connectivity index (χ1v) is 6.25. The first-order valence-electron chi connectivity index (χ1n) is 6.25. The summed E-state index contributed by atoms with van der Waals surface area (Å²) in [5.41, 5.74) is 0. The predicted octanol–water partition coefficient (Wildman–Crippen LogP) is 0.336. The largest absolute Gasteiger partial charge is 0.350 e. The number of hydrogen-bond donors (Lipinski definition) is 0. The molecule has 2 fully saturated rings. The highest BCUT2D eigenvalue weighted by atomic mass is 16.1. The van der Waals surface area contributed by atoms with Crippen LogP contribution in [0.4, 0.5) is 4.79 Å². The zero-order chi connectivity index (χ0) is 11.4. The van der Waals surface area contributed by atoms with Crippen LogP contribution in [-0.4, -0.2) is 74.3 Å². The Kier molecular flexibility index (Phi) is 4.24. The Morgan fingerprint density at radius 3 is 2.00 bits per heavy atom. The van der Waals surface area contributed by atoms with Crippen molar-refractivity contribution in [3.8, 4) is 0 Å². The molecule has 2 heterocycles. The molecule has 0 spiro atoms. The molecule has 0 saturated carbocycles. The molecular formula is C11H20BN3O. The Morgan fingerprint density at radius 1 is 0.875 bits per heavy atom. The van der Waals surface area contributed by atoms with E-state index in [9.17, 15) is 4.79 Å². The van der Waals surface area contributed by atoms with Crippen molar-refractivity contribution in [1.29, 1.82) is 0 Å². The van der Waals surface area contributed by atoms with Gasteiger partial charge in [-0.2, -0.15) is 0 Å². The molecule has 1 amide bonds. The lowest BCUT2D eigenvalue weighted by Gasteiger charge is -2.38. The minimum Gasteiger partial charge on any atom is -0.350 e. The fourth-order valence-electron chi connectivity index (χ4n) is 2.49. The van der Waals surface area contributed by atoms with E-state index < -0.39 is 0 Å². The van der Waals surface area contributed by atoms with Crippen LogP contribution in [0.15, 0.2) is 0 Å². The van der Waals surface area contributed by atoms with E-state index in [1.54, 1.807) is 4.90 Å². The molecule has 0 aromatic heterocycles. The SMILES string of the molecule is [B]C(=O)N1CCN(CN2CCCCC2)CC1. The van der Waals surface area contributed by atoms with E-state index in [2.05, 4.69) is 9.80 Å². The van der Waals surface area contributed by atoms with Crippen molar-refractivity contribution in [2.45, 2.75) is 19.3 Å². The smallest absolute Gasteiger partial charge is 0.200 e. The van der Waals surface area contributed by atoms with Crippen LogP contribution in [0.3, 0.4) is 0 Å². The zero-order valence-corrected chi connectivity index (χ0v) is 9.90. The lowest BCUT2D eigenvalue weighted by molar-refractivity contribution is 0.0779. The van der Waals surface area contributed by atoms with Crippen molar-refractivity contribution >= 4 is 13.7 Å². The van der Waals surface area contributed by atoms with E-state index >= 15 is 0 Å². The summed E-state index contributed by atoms with van der Waals surface area (Å²) in [7, 11) is 5.25. The van der Waals surface area contributed by atoms with Gasteiger partial charge in [0.2, 0.25) is 7.85 Å². The van der Waals surface area contributed by atoms with Gasteiger partial charge in [0, 0.05) is 26.2 Å². The van der Waals surface area contributed by atoms with Gasteiger partial charge >= 0.3 is 0 Å². The Balaban J connectivity index is 1.70. The fourth-order valence-corrected chi connectivity index (χ4v) is 2.49. The average Bonchev–Trinajstić information content (AvgIpc) is 2.31. The summed E-state index contributed by atoms with van der Waals surface area (Å²) in [6.07, 6.45) is 4.05. The van der Waals surface area contributed by atoms with Crippen molar-refractivity contribution in [2.24, 2.45) is 0 Å². The van der Waals surface area contributed by atoms with Gasteiger partial charge < -0.3 is 4.90 Å². The first-order chi connectivity index (χ1) is 7.75. The molecule has 2 rings (SSSR count). The maximum atomic E-state index is 11.0. The number of nitrogens with zero attached hydrogens (tertiary/aromatic N) is 3. The second kappa shape index (κ2) is 5.68. The molecule has 16 heavy (non-hydrogen) atoms. The van der Waals surface area contributed by atoms with Crippen molar-refractivity contribution in [1.82, 2.24) is 14.7 Å². The number of likely N-dealkylation sites (tertiary alicyclic amines) is 1. The summed E-state index contributed by atoms with van der Waals surface area (Å²) in [4.78, 5) is 17.6. The summed E-state index contributed by atoms with van der Waals surface area (Å²) >= 11 is 0. The molecule has 2 radical (unpaired) electrons. The quantitative estimate of drug-likeness (QED) is 0.629. The minimum atomic E-state index is -0.280. The predicted molar refractivity (Wildman–Crippen MR) is 64.6 cm³/mol. The lowest BCUT2D eigenvalue weighted by Crippen LogP contribution is -2.52. The van der Waals surface area contributed by atoms with Gasteiger partial charge in [-0.15, -0.1) is 0 Å². The first kappa shape index (κ1) is 11.9. The van der Waals surface area contributed by atoms with Crippen LogP contribution in [0, 0.1) is 0 Å². The van der Waals surface area contributed by atoms with Crippen LogP contribution in [0.1, 0.15) is 19.3 Å². The van der Waals surface area contributed by atoms with Gasteiger partial charge in [0.05, 0.1) is 6.67 Å². The highest BCUT2D eigenvalue weighted by molar-refractivity contribution is 6.56. The molecule has 0 atom stereocenters. The lowest BCUT2D eigenvalue weighted by atomic mass is 10.1. The fraction of sp³-hybridized carbons (Fsp3) is 0.909. The number of piperidine rings is 1. The number of hydrogen-bond acceptors (Lipinski definition) is 3. The van der Waals surface area contributed by atoms with Gasteiger partial charge in [0.15, 0.2) is 5.81 Å². The normalized spacial score (nSPS) is 24.6. The molecule has 4 nitrogen and oxygen atoms in total. The molecular weight excluding hydrogens is 201 g/mol. The minimum absolute atomic E-state index is 0.280. The molecule has 0 unspecified atom stereocenters. The third-order valence-corrected chi connectivity index (χ3v) is 3.53. The Hall–Kier alpha value is -0.545. The van der Waals surface area contributed by atoms with E-state index in [1.165, 1.54) is 32.4 Å². The Bertz CT molecular complexity index is 235. The van der Waals surface area contributed by atoms with Crippen molar-refractivity contribution < 1.29 is 4.79 Å². The number of rotatable bonds is 2. The van der Waals surface area contributed by atoms with Gasteiger partial charge in [-0.05, 0) is 25.9 Å². The number of piperazine rings is 1. The molecule has 88 valence electrons. The third-order valence-electron chi connectivity index (χ3n) is 3.53. The number of carbonyl (C=O) groups excluding carboxylic acids is 1. The Labute approximate surface area is 99.0 Å². The van der Waals surface area contributed by atoms with Gasteiger partial charge in [0.25, 0.3) is 0 Å². The number of carbonyl (C=O) groups is 1. The molecule has 2 aliphatic heterocycles. The third kappa shape index (κ3) is 3.22. The summed E-state index contributed by atoms with van der Waals surface area (Å²) < 4.78 is 0. The highest BCUT2D eigenvalue weighted by Crippen LogP contribution is 2.10. The van der Waals surface area contributed by atoms with Crippen molar-refractivity contribution in [3.05, 3.63) is 0 Å². The van der Waals surface area contributed by atoms with Crippen molar-refractivity contribution in [3.63, 3.8) is 0 Å². The Morgan fingerprint density at radius 2 is 1.44 bits per heavy atom. The van der Waals surface area contributed by atoms with Crippen LogP contribution in [0.2, 0.25) is 0 Å². The standard InChI is InChI=1S/C11H20BN3O/c12-11(16)15-8-6-14(7-9-15)10-13-4-2-1-3-5-13/h1-10H2. The average molecular weight is 221 g/mol. The molecule has 2 aliphatic rings. The van der Waals surface area contributed by atoms with Crippen LogP contribution >= 0.6 is 0 Å². The summed E-state index contributed by atoms with van der Waals surface area (Å²) in [5.74, 6) is -0.280. The molecule has 0 bridgehead atoms. The van der Waals surface area contributed by atoms with Crippen LogP contribution < -0.4 is 0 Å². The molecule has 0 N–H and O–H groups in total. The van der Waals surface area contributed by atoms with Crippen LogP contribution in [0.25, 0.3) is 0 Å². The molecule has 5 heteroatoms. The van der Waals surface area contributed by atoms with Gasteiger partial charge in [-0.3, -0.25) is 14.6 Å². The van der Waals surface area contributed by atoms with Crippen LogP contribution in [0.5, 0.6) is 0 Å². The van der Waals surface area contributed by atoms with E-state index in [-0.39, 0.29) is 5.81 Å². The zero-order valence-electron chi connectivity index (χ0n) is 9.90. The maximum Gasteiger partial charge on any atom is 0.200 e. The van der Waals surface area contributed by atoms with Crippen LogP contribution in [-0.2, 0) is 0 Å². The van der Waals surface area contributed by atoms with Crippen molar-refractivity contribution in [2.75, 3.05) is 45.9 Å². The van der Waals surface area contributed by atoms with Gasteiger partial charge in [0.1, 0.15) is 0 Å². The number of amides is 1. The molecule has 0 aliphatic carbocycles. The second-order valence-electron chi connectivity index (χ2n) is 4.76. The van der Waals surface area contributed by atoms with E-state index in [4.69, 9.17) is 7.85 Å². The second-order valence-corrected chi connectivity index (χ2v) is 4.76. The van der Waals surface area contributed by atoms with E-state index in [0.717, 1.165) is 32.8 Å². The van der Waals surface area contributed by atoms with E-state index in [1.807, 2.05) is 0 Å². The topological polar surface area (TPSA) is 26.8 Å². The molecule has 0 aromatic rings. The monoisotopic (exact) mass is 221 g/mol. The maximum absolute atomic E-state index is 11.0.